The fourth-order valence-corrected chi connectivity index (χ4v) is 8.01. The molecule has 7 aromatic carbocycles. The van der Waals surface area contributed by atoms with E-state index >= 15 is 0 Å². The molecule has 0 saturated heterocycles. The van der Waals surface area contributed by atoms with Gasteiger partial charge >= 0.3 is 0 Å². The molecule has 1 N–H and O–H groups in total. The van der Waals surface area contributed by atoms with Gasteiger partial charge in [-0.15, -0.1) is 0 Å². The van der Waals surface area contributed by atoms with Crippen molar-refractivity contribution in [3.8, 4) is 28.1 Å². The number of rotatable bonds is 6. The molecule has 5 nitrogen and oxygen atoms in total. The van der Waals surface area contributed by atoms with Crippen molar-refractivity contribution in [2.45, 2.75) is 12.3 Å². The number of aromatic nitrogens is 1. The van der Waals surface area contributed by atoms with Crippen molar-refractivity contribution in [1.82, 2.24) is 14.8 Å². The van der Waals surface area contributed by atoms with Gasteiger partial charge in [0.25, 0.3) is 0 Å². The van der Waals surface area contributed by atoms with E-state index in [1.807, 2.05) is 12.1 Å². The highest BCUT2D eigenvalue weighted by molar-refractivity contribution is 6.22. The first-order valence-corrected chi connectivity index (χ1v) is 18.1. The quantitative estimate of drug-likeness (QED) is 0.190. The van der Waals surface area contributed by atoms with E-state index in [9.17, 15) is 0 Å². The lowest BCUT2D eigenvalue weighted by Crippen LogP contribution is -2.45. The van der Waals surface area contributed by atoms with E-state index < -0.39 is 0 Å². The number of nitrogens with zero attached hydrogens (tertiary/aromatic N) is 3. The van der Waals surface area contributed by atoms with Crippen LogP contribution in [0.5, 0.6) is 0 Å². The fourth-order valence-electron chi connectivity index (χ4n) is 8.01. The number of aliphatic imine (C=N–C) groups is 1. The number of para-hydroxylation sites is 1. The smallest absolute Gasteiger partial charge is 0.145 e. The molecule has 3 heterocycles. The van der Waals surface area contributed by atoms with Crippen LogP contribution in [0.15, 0.2) is 191 Å². The maximum absolute atomic E-state index is 6.98. The molecule has 0 fully saturated rings. The van der Waals surface area contributed by atoms with Gasteiger partial charge in [-0.3, -0.25) is 4.90 Å². The molecule has 9 aromatic rings. The molecule has 0 spiro atoms. The summed E-state index contributed by atoms with van der Waals surface area (Å²) in [5.41, 5.74) is 10.9. The van der Waals surface area contributed by atoms with Gasteiger partial charge in [0.2, 0.25) is 0 Å². The van der Waals surface area contributed by atoms with E-state index in [0.29, 0.717) is 0 Å². The molecule has 0 bridgehead atoms. The Bertz CT molecular complexity index is 2750. The Morgan fingerprint density at radius 3 is 1.83 bits per heavy atom. The van der Waals surface area contributed by atoms with Crippen LogP contribution in [0.2, 0.25) is 0 Å². The van der Waals surface area contributed by atoms with Crippen LogP contribution in [-0.4, -0.2) is 22.4 Å². The number of benzene rings is 7. The van der Waals surface area contributed by atoms with Gasteiger partial charge in [0.05, 0.1) is 16.4 Å². The third-order valence-corrected chi connectivity index (χ3v) is 10.5. The minimum Gasteiger partial charge on any atom is -0.455 e. The minimum absolute atomic E-state index is 0.0873. The van der Waals surface area contributed by atoms with Gasteiger partial charge in [-0.1, -0.05) is 152 Å². The van der Waals surface area contributed by atoms with Crippen molar-refractivity contribution < 1.29 is 4.42 Å². The summed E-state index contributed by atoms with van der Waals surface area (Å²) in [4.78, 5) is 7.50. The highest BCUT2D eigenvalue weighted by atomic mass is 16.3. The van der Waals surface area contributed by atoms with Crippen molar-refractivity contribution in [2.75, 3.05) is 7.05 Å². The van der Waals surface area contributed by atoms with Gasteiger partial charge in [0, 0.05) is 33.2 Å². The number of amidine groups is 1. The number of furan rings is 1. The van der Waals surface area contributed by atoms with Crippen molar-refractivity contribution in [3.05, 3.63) is 199 Å². The SMILES string of the molecule is CN1C(c2ccccc2)N=C(c2ccccc2)NC1c1ccc(-n2c3ccccc3c3c4oc(-c5ccccc5)c(-c5ccccc5)c4ccc32)cc1. The molecule has 10 rings (SSSR count). The molecule has 2 atom stereocenters. The first-order valence-electron chi connectivity index (χ1n) is 18.1. The second-order valence-electron chi connectivity index (χ2n) is 13.7. The average molecular weight is 685 g/mol. The Kier molecular flexibility index (Phi) is 7.52. The van der Waals surface area contributed by atoms with E-state index in [2.05, 4.69) is 192 Å². The largest absolute Gasteiger partial charge is 0.455 e. The lowest BCUT2D eigenvalue weighted by atomic mass is 9.98. The minimum atomic E-state index is -0.132. The molecular formula is C48H36N4O. The molecule has 1 aliphatic heterocycles. The molecule has 5 heteroatoms. The van der Waals surface area contributed by atoms with Gasteiger partial charge in [-0.05, 0) is 54.1 Å². The molecule has 2 unspecified atom stereocenters. The summed E-state index contributed by atoms with van der Waals surface area (Å²) in [5.74, 6) is 1.78. The number of fused-ring (bicyclic) bond motifs is 5. The number of nitrogens with one attached hydrogen (secondary N) is 1. The number of hydrogen-bond acceptors (Lipinski definition) is 4. The fraction of sp³-hybridized carbons (Fsp3) is 0.0625. The van der Waals surface area contributed by atoms with E-state index in [1.165, 1.54) is 0 Å². The van der Waals surface area contributed by atoms with Gasteiger partial charge in [-0.25, -0.2) is 4.99 Å². The Balaban J connectivity index is 1.11. The Morgan fingerprint density at radius 1 is 0.528 bits per heavy atom. The Morgan fingerprint density at radius 2 is 1.13 bits per heavy atom. The summed E-state index contributed by atoms with van der Waals surface area (Å²) in [5, 5.41) is 7.14. The second kappa shape index (κ2) is 12.8. The molecule has 0 saturated carbocycles. The van der Waals surface area contributed by atoms with E-state index in [0.717, 1.165) is 83.4 Å². The van der Waals surface area contributed by atoms with Crippen LogP contribution in [0, 0.1) is 0 Å². The maximum Gasteiger partial charge on any atom is 0.145 e. The van der Waals surface area contributed by atoms with Crippen LogP contribution in [0.4, 0.5) is 0 Å². The summed E-state index contributed by atoms with van der Waals surface area (Å²) in [7, 11) is 2.14. The molecule has 1 aliphatic rings. The van der Waals surface area contributed by atoms with Crippen molar-refractivity contribution in [3.63, 3.8) is 0 Å². The highest BCUT2D eigenvalue weighted by Gasteiger charge is 2.31. The van der Waals surface area contributed by atoms with Crippen LogP contribution < -0.4 is 5.32 Å². The average Bonchev–Trinajstić information content (AvgIpc) is 3.79. The highest BCUT2D eigenvalue weighted by Crippen LogP contribution is 2.46. The standard InChI is InChI=1S/C48H36N4O/c1-51-47(35-22-12-5-13-23-35)49-46(34-20-10-4-11-21-34)50-48(51)36-26-28-37(29-27-36)52-40-25-15-14-24-38(40)43-41(52)31-30-39-42(32-16-6-2-7-17-32)44(53-45(39)43)33-18-8-3-9-19-33/h2-31,47-48H,1H3,(H,49,50). The summed E-state index contributed by atoms with van der Waals surface area (Å²) in [6.45, 7) is 0. The molecule has 254 valence electrons. The van der Waals surface area contributed by atoms with Crippen LogP contribution in [0.25, 0.3) is 60.9 Å². The first kappa shape index (κ1) is 31.1. The van der Waals surface area contributed by atoms with Crippen molar-refractivity contribution in [2.24, 2.45) is 4.99 Å². The van der Waals surface area contributed by atoms with Crippen LogP contribution in [0.3, 0.4) is 0 Å². The molecule has 0 aliphatic carbocycles. The van der Waals surface area contributed by atoms with Crippen LogP contribution in [-0.2, 0) is 0 Å². The van der Waals surface area contributed by atoms with Crippen molar-refractivity contribution in [1.29, 1.82) is 0 Å². The van der Waals surface area contributed by atoms with E-state index in [4.69, 9.17) is 9.41 Å². The van der Waals surface area contributed by atoms with Gasteiger partial charge in [0.1, 0.15) is 29.5 Å². The summed E-state index contributed by atoms with van der Waals surface area (Å²) in [6.07, 6.45) is -0.220. The van der Waals surface area contributed by atoms with Gasteiger partial charge < -0.3 is 14.3 Å². The topological polar surface area (TPSA) is 45.7 Å². The van der Waals surface area contributed by atoms with E-state index in [-0.39, 0.29) is 12.3 Å². The van der Waals surface area contributed by atoms with Gasteiger partial charge in [0.15, 0.2) is 0 Å². The third kappa shape index (κ3) is 5.24. The lowest BCUT2D eigenvalue weighted by Gasteiger charge is -2.39. The first-order chi connectivity index (χ1) is 26.2. The summed E-state index contributed by atoms with van der Waals surface area (Å²) in [6, 6.07) is 64.0. The Hall–Kier alpha value is -6.69. The molecule has 53 heavy (non-hydrogen) atoms. The maximum atomic E-state index is 6.98. The lowest BCUT2D eigenvalue weighted by molar-refractivity contribution is 0.152. The molecular weight excluding hydrogens is 649 g/mol. The summed E-state index contributed by atoms with van der Waals surface area (Å²) >= 11 is 0. The van der Waals surface area contributed by atoms with Gasteiger partial charge in [-0.2, -0.15) is 0 Å². The predicted octanol–water partition coefficient (Wildman–Crippen LogP) is 11.5. The van der Waals surface area contributed by atoms with Crippen LogP contribution >= 0.6 is 0 Å². The molecule has 2 aromatic heterocycles. The van der Waals surface area contributed by atoms with E-state index in [1.54, 1.807) is 0 Å². The van der Waals surface area contributed by atoms with Crippen molar-refractivity contribution >= 4 is 38.6 Å². The number of hydrogen-bond donors (Lipinski definition) is 1. The van der Waals surface area contributed by atoms with Crippen LogP contribution in [0.1, 0.15) is 29.0 Å². The zero-order chi connectivity index (χ0) is 35.3. The summed E-state index contributed by atoms with van der Waals surface area (Å²) < 4.78 is 9.34. The third-order valence-electron chi connectivity index (χ3n) is 10.5. The normalized spacial score (nSPS) is 16.2. The second-order valence-corrected chi connectivity index (χ2v) is 13.7. The Labute approximate surface area is 308 Å². The monoisotopic (exact) mass is 684 g/mol. The predicted molar refractivity (Wildman–Crippen MR) is 217 cm³/mol. The molecule has 0 radical (unpaired) electrons. The zero-order valence-electron chi connectivity index (χ0n) is 29.2. The zero-order valence-corrected chi connectivity index (χ0v) is 29.2. The molecule has 0 amide bonds.